The van der Waals surface area contributed by atoms with Crippen LogP contribution in [0.15, 0.2) is 97.1 Å². The summed E-state index contributed by atoms with van der Waals surface area (Å²) in [6, 6.07) is 26.4. The van der Waals surface area contributed by atoms with Crippen molar-refractivity contribution in [3.63, 3.8) is 0 Å². The zero-order valence-electron chi connectivity index (χ0n) is 23.5. The molecule has 0 saturated carbocycles. The van der Waals surface area contributed by atoms with E-state index in [1.807, 2.05) is 74.2 Å². The number of hydrogen-bond donors (Lipinski definition) is 1. The highest BCUT2D eigenvalue weighted by Crippen LogP contribution is 2.59. The number of amides is 1. The number of ketones is 2. The second kappa shape index (κ2) is 9.53. The number of nitrogens with one attached hydrogen (secondary N) is 1. The first-order chi connectivity index (χ1) is 20.2. The van der Waals surface area contributed by atoms with Gasteiger partial charge in [0.15, 0.2) is 11.6 Å². The van der Waals surface area contributed by atoms with Gasteiger partial charge in [0, 0.05) is 28.1 Å². The van der Waals surface area contributed by atoms with Crippen molar-refractivity contribution in [3.8, 4) is 0 Å². The van der Waals surface area contributed by atoms with Gasteiger partial charge in [0.05, 0.1) is 17.0 Å². The highest BCUT2D eigenvalue weighted by molar-refractivity contribution is 6.34. The van der Waals surface area contributed by atoms with Crippen molar-refractivity contribution in [2.24, 2.45) is 5.92 Å². The van der Waals surface area contributed by atoms with Crippen molar-refractivity contribution in [1.29, 1.82) is 0 Å². The lowest BCUT2D eigenvalue weighted by atomic mass is 9.64. The summed E-state index contributed by atoms with van der Waals surface area (Å²) < 4.78 is 0. The Morgan fingerprint density at radius 3 is 2.29 bits per heavy atom. The fourth-order valence-electron chi connectivity index (χ4n) is 7.26. The van der Waals surface area contributed by atoms with Gasteiger partial charge in [-0.05, 0) is 62.2 Å². The topological polar surface area (TPSA) is 66.5 Å². The van der Waals surface area contributed by atoms with E-state index in [9.17, 15) is 14.4 Å². The van der Waals surface area contributed by atoms with Crippen molar-refractivity contribution in [3.05, 3.63) is 135 Å². The Hall–Kier alpha value is -4.48. The van der Waals surface area contributed by atoms with E-state index in [0.29, 0.717) is 27.4 Å². The number of allylic oxidation sites excluding steroid dienone is 1. The van der Waals surface area contributed by atoms with Gasteiger partial charge in [0.25, 0.3) is 0 Å². The molecule has 4 atom stereocenters. The van der Waals surface area contributed by atoms with Crippen LogP contribution in [0.1, 0.15) is 49.9 Å². The van der Waals surface area contributed by atoms with E-state index < -0.39 is 23.4 Å². The molecule has 1 saturated heterocycles. The summed E-state index contributed by atoms with van der Waals surface area (Å²) in [7, 11) is 0. The van der Waals surface area contributed by atoms with Gasteiger partial charge in [-0.1, -0.05) is 89.5 Å². The van der Waals surface area contributed by atoms with Crippen LogP contribution in [-0.2, 0) is 10.2 Å². The maximum absolute atomic E-state index is 14.9. The first-order valence-electron chi connectivity index (χ1n) is 14.1. The molecule has 1 amide bonds. The van der Waals surface area contributed by atoms with Crippen molar-refractivity contribution < 1.29 is 14.4 Å². The lowest BCUT2D eigenvalue weighted by Gasteiger charge is -2.39. The highest BCUT2D eigenvalue weighted by Gasteiger charge is 2.70. The lowest BCUT2D eigenvalue weighted by molar-refractivity contribution is -0.121. The van der Waals surface area contributed by atoms with Crippen LogP contribution in [0.2, 0.25) is 5.02 Å². The zero-order chi connectivity index (χ0) is 29.3. The largest absolute Gasteiger partial charge is 0.352 e. The number of nitrogens with zero attached hydrogens (tertiary/aromatic N) is 1. The average molecular weight is 573 g/mol. The molecule has 0 bridgehead atoms. The molecule has 208 valence electrons. The number of aryl methyl sites for hydroxylation is 2. The Balaban J connectivity index is 1.57. The SMILES string of the molecule is CC1=CC2N(c3ccc(C)cc31)C(C(=O)c1ccc(C)cc1)C(C(=O)c1ccccc1Cl)C21C(=O)Nc2ccccc21. The molecule has 7 rings (SSSR count). The Morgan fingerprint density at radius 2 is 1.52 bits per heavy atom. The summed E-state index contributed by atoms with van der Waals surface area (Å²) in [5, 5.41) is 3.37. The number of Topliss-reactive ketones (excluding diaryl/α,β-unsaturated/α-hetero) is 2. The van der Waals surface area contributed by atoms with Crippen molar-refractivity contribution >= 4 is 46.0 Å². The molecule has 5 nitrogen and oxygen atoms in total. The Labute approximate surface area is 249 Å². The quantitative estimate of drug-likeness (QED) is 0.263. The summed E-state index contributed by atoms with van der Waals surface area (Å²) in [6.07, 6.45) is 2.07. The molecule has 4 aromatic carbocycles. The molecule has 1 spiro atoms. The molecule has 1 fully saturated rings. The summed E-state index contributed by atoms with van der Waals surface area (Å²) in [6.45, 7) is 6.03. The molecular formula is C36H29ClN2O3. The van der Waals surface area contributed by atoms with Crippen LogP contribution in [-0.4, -0.2) is 29.6 Å². The van der Waals surface area contributed by atoms with Crippen LogP contribution in [0.5, 0.6) is 0 Å². The average Bonchev–Trinajstić information content (AvgIpc) is 3.45. The number of carbonyl (C=O) groups is 3. The minimum atomic E-state index is -1.37. The Bertz CT molecular complexity index is 1840. The van der Waals surface area contributed by atoms with Crippen LogP contribution in [0.4, 0.5) is 11.4 Å². The van der Waals surface area contributed by atoms with Gasteiger partial charge in [-0.25, -0.2) is 0 Å². The number of anilines is 2. The third-order valence-corrected chi connectivity index (χ3v) is 9.49. The van der Waals surface area contributed by atoms with E-state index in [-0.39, 0.29) is 17.5 Å². The smallest absolute Gasteiger partial charge is 0.238 e. The number of halogens is 1. The molecular weight excluding hydrogens is 544 g/mol. The molecule has 3 aliphatic rings. The van der Waals surface area contributed by atoms with Gasteiger partial charge in [0.1, 0.15) is 11.5 Å². The highest BCUT2D eigenvalue weighted by atomic mass is 35.5. The van der Waals surface area contributed by atoms with Crippen molar-refractivity contribution in [2.45, 2.75) is 38.3 Å². The van der Waals surface area contributed by atoms with E-state index in [0.717, 1.165) is 28.0 Å². The molecule has 0 aliphatic carbocycles. The molecule has 1 N–H and O–H groups in total. The second-order valence-electron chi connectivity index (χ2n) is 11.6. The summed E-state index contributed by atoms with van der Waals surface area (Å²) in [5.74, 6) is -1.88. The van der Waals surface area contributed by atoms with Gasteiger partial charge < -0.3 is 10.2 Å². The van der Waals surface area contributed by atoms with Crippen molar-refractivity contribution in [1.82, 2.24) is 0 Å². The van der Waals surface area contributed by atoms with E-state index in [1.54, 1.807) is 36.4 Å². The van der Waals surface area contributed by atoms with Crippen LogP contribution >= 0.6 is 11.6 Å². The minimum Gasteiger partial charge on any atom is -0.352 e. The first-order valence-corrected chi connectivity index (χ1v) is 14.5. The molecule has 3 heterocycles. The Kier molecular flexibility index (Phi) is 6.00. The second-order valence-corrected chi connectivity index (χ2v) is 12.0. The fourth-order valence-corrected chi connectivity index (χ4v) is 7.49. The number of para-hydroxylation sites is 1. The zero-order valence-corrected chi connectivity index (χ0v) is 24.3. The van der Waals surface area contributed by atoms with Crippen molar-refractivity contribution in [2.75, 3.05) is 10.2 Å². The third kappa shape index (κ3) is 3.59. The molecule has 42 heavy (non-hydrogen) atoms. The Morgan fingerprint density at radius 1 is 0.833 bits per heavy atom. The van der Waals surface area contributed by atoms with Crippen LogP contribution < -0.4 is 10.2 Å². The monoisotopic (exact) mass is 572 g/mol. The summed E-state index contributed by atoms with van der Waals surface area (Å²) in [4.78, 5) is 46.2. The number of fused-ring (bicyclic) bond motifs is 6. The maximum Gasteiger partial charge on any atom is 0.238 e. The predicted molar refractivity (Wildman–Crippen MR) is 166 cm³/mol. The summed E-state index contributed by atoms with van der Waals surface area (Å²) >= 11 is 6.63. The standard InChI is InChI=1S/C36H29ClN2O3/c1-20-12-15-23(16-13-20)33(40)32-31(34(41)24-8-4-6-10-27(24)37)36(26-9-5-7-11-28(26)38-35(36)42)30-19-22(3)25-18-21(2)14-17-29(25)39(30)32/h4-19,30-32H,1-3H3,(H,38,42). The number of rotatable bonds is 4. The predicted octanol–water partition coefficient (Wildman–Crippen LogP) is 7.20. The van der Waals surface area contributed by atoms with Gasteiger partial charge in [-0.15, -0.1) is 0 Å². The van der Waals surface area contributed by atoms with Gasteiger partial charge in [0.2, 0.25) is 5.91 Å². The van der Waals surface area contributed by atoms with Crippen LogP contribution in [0.25, 0.3) is 5.57 Å². The normalized spacial score (nSPS) is 23.6. The number of benzene rings is 4. The minimum absolute atomic E-state index is 0.209. The molecule has 3 aliphatic heterocycles. The fraction of sp³-hybridized carbons (Fsp3) is 0.194. The van der Waals surface area contributed by atoms with E-state index in [1.165, 1.54) is 0 Å². The van der Waals surface area contributed by atoms with E-state index in [2.05, 4.69) is 17.5 Å². The van der Waals surface area contributed by atoms with Crippen LogP contribution in [0, 0.1) is 19.8 Å². The van der Waals surface area contributed by atoms with E-state index >= 15 is 0 Å². The maximum atomic E-state index is 14.9. The lowest BCUT2D eigenvalue weighted by Crippen LogP contribution is -2.51. The van der Waals surface area contributed by atoms with Gasteiger partial charge in [-0.3, -0.25) is 14.4 Å². The molecule has 6 heteroatoms. The van der Waals surface area contributed by atoms with Crippen LogP contribution in [0.3, 0.4) is 0 Å². The number of hydrogen-bond acceptors (Lipinski definition) is 4. The van der Waals surface area contributed by atoms with Gasteiger partial charge >= 0.3 is 0 Å². The third-order valence-electron chi connectivity index (χ3n) is 9.16. The summed E-state index contributed by atoms with van der Waals surface area (Å²) in [5.41, 5.74) is 5.72. The van der Waals surface area contributed by atoms with E-state index in [4.69, 9.17) is 11.6 Å². The molecule has 0 aromatic heterocycles. The van der Waals surface area contributed by atoms with Gasteiger partial charge in [-0.2, -0.15) is 0 Å². The molecule has 4 aromatic rings. The molecule has 4 unspecified atom stereocenters. The number of carbonyl (C=O) groups excluding carboxylic acids is 3. The molecule has 0 radical (unpaired) electrons. The first kappa shape index (κ1) is 26.4.